The molecule has 0 aliphatic rings. The smallest absolute Gasteiger partial charge is 0.276 e. The highest BCUT2D eigenvalue weighted by atomic mass is 79.9. The summed E-state index contributed by atoms with van der Waals surface area (Å²) in [6.45, 7) is 0. The molecule has 0 radical (unpaired) electrons. The quantitative estimate of drug-likeness (QED) is 0.630. The molecule has 6 heteroatoms. The van der Waals surface area contributed by atoms with E-state index in [-0.39, 0.29) is 22.3 Å². The van der Waals surface area contributed by atoms with Crippen molar-refractivity contribution in [2.24, 2.45) is 0 Å². The van der Waals surface area contributed by atoms with Crippen LogP contribution in [0.15, 0.2) is 12.1 Å². The van der Waals surface area contributed by atoms with Crippen LogP contribution in [0.4, 0.5) is 8.78 Å². The number of carbonyl (C=O) groups excluding carboxylic acids is 1. The Bertz CT molecular complexity index is 359. The zero-order valence-corrected chi connectivity index (χ0v) is 9.15. The number of rotatable bonds is 3. The number of alkyl halides is 3. The predicted octanol–water partition coefficient (Wildman–Crippen LogP) is 3.29. The first-order chi connectivity index (χ1) is 6.56. The third kappa shape index (κ3) is 2.48. The molecule has 0 amide bonds. The van der Waals surface area contributed by atoms with Crippen molar-refractivity contribution in [3.8, 4) is 0 Å². The summed E-state index contributed by atoms with van der Waals surface area (Å²) in [4.78, 5) is 14.4. The highest BCUT2D eigenvalue weighted by molar-refractivity contribution is 9.08. The molecule has 1 aromatic rings. The molecule has 14 heavy (non-hydrogen) atoms. The van der Waals surface area contributed by atoms with Gasteiger partial charge in [-0.2, -0.15) is 0 Å². The number of halogens is 4. The molecule has 1 rings (SSSR count). The molecule has 2 nitrogen and oxygen atoms in total. The summed E-state index contributed by atoms with van der Waals surface area (Å²) >= 11 is 8.27. The Hall–Kier alpha value is -0.550. The lowest BCUT2D eigenvalue weighted by Gasteiger charge is -2.04. The first kappa shape index (κ1) is 11.5. The van der Waals surface area contributed by atoms with Crippen LogP contribution in [0.2, 0.25) is 0 Å². The Morgan fingerprint density at radius 2 is 2.21 bits per heavy atom. The molecule has 0 fully saturated rings. The molecule has 1 aromatic heterocycles. The summed E-state index contributed by atoms with van der Waals surface area (Å²) in [5.41, 5.74) is 0.0110. The van der Waals surface area contributed by atoms with E-state index in [2.05, 4.69) is 20.9 Å². The fraction of sp³-hybridized carbons (Fsp3) is 0.250. The minimum Gasteiger partial charge on any atom is -0.276 e. The third-order valence-corrected chi connectivity index (χ3v) is 2.29. The largest absolute Gasteiger partial charge is 0.280 e. The van der Waals surface area contributed by atoms with Crippen molar-refractivity contribution in [1.29, 1.82) is 0 Å². The number of aromatic nitrogens is 1. The second-order valence-corrected chi connectivity index (χ2v) is 3.34. The second-order valence-electron chi connectivity index (χ2n) is 2.44. The molecule has 1 heterocycles. The van der Waals surface area contributed by atoms with Crippen LogP contribution in [0, 0.1) is 0 Å². The first-order valence-electron chi connectivity index (χ1n) is 3.60. The van der Waals surface area contributed by atoms with Crippen molar-refractivity contribution in [2.75, 3.05) is 0 Å². The summed E-state index contributed by atoms with van der Waals surface area (Å²) in [6, 6.07) is 2.34. The molecule has 76 valence electrons. The lowest BCUT2D eigenvalue weighted by Crippen LogP contribution is -2.02. The van der Waals surface area contributed by atoms with Crippen LogP contribution in [0.3, 0.4) is 0 Å². The predicted molar refractivity (Wildman–Crippen MR) is 52.0 cm³/mol. The van der Waals surface area contributed by atoms with Crippen molar-refractivity contribution in [3.63, 3.8) is 0 Å². The first-order valence-corrected chi connectivity index (χ1v) is 5.10. The molecule has 0 saturated carbocycles. The van der Waals surface area contributed by atoms with E-state index in [1.165, 1.54) is 6.07 Å². The molecule has 0 atom stereocenters. The highest BCUT2D eigenvalue weighted by Gasteiger charge is 2.14. The zero-order chi connectivity index (χ0) is 10.7. The minimum absolute atomic E-state index is 0.146. The van der Waals surface area contributed by atoms with Crippen molar-refractivity contribution >= 4 is 32.8 Å². The van der Waals surface area contributed by atoms with Gasteiger partial charge in [-0.1, -0.05) is 15.9 Å². The van der Waals surface area contributed by atoms with Crippen molar-refractivity contribution in [2.45, 2.75) is 11.8 Å². The van der Waals surface area contributed by atoms with Gasteiger partial charge in [0.15, 0.2) is 0 Å². The van der Waals surface area contributed by atoms with E-state index in [0.29, 0.717) is 0 Å². The van der Waals surface area contributed by atoms with Gasteiger partial charge in [-0.25, -0.2) is 8.78 Å². The van der Waals surface area contributed by atoms with E-state index >= 15 is 0 Å². The lowest BCUT2D eigenvalue weighted by molar-refractivity contribution is 0.107. The number of nitrogens with zero attached hydrogens (tertiary/aromatic N) is 1. The Kier molecular flexibility index (Phi) is 3.95. The fourth-order valence-corrected chi connectivity index (χ4v) is 1.52. The summed E-state index contributed by atoms with van der Waals surface area (Å²) in [7, 11) is 0. The number of carbonyl (C=O) groups is 1. The van der Waals surface area contributed by atoms with Crippen LogP contribution in [0.5, 0.6) is 0 Å². The van der Waals surface area contributed by atoms with Crippen molar-refractivity contribution in [1.82, 2.24) is 4.98 Å². The van der Waals surface area contributed by atoms with Gasteiger partial charge < -0.3 is 0 Å². The number of hydrogen-bond acceptors (Lipinski definition) is 2. The van der Waals surface area contributed by atoms with E-state index in [4.69, 9.17) is 11.6 Å². The van der Waals surface area contributed by atoms with Crippen LogP contribution in [-0.2, 0) is 5.33 Å². The van der Waals surface area contributed by atoms with E-state index < -0.39 is 11.7 Å². The second kappa shape index (κ2) is 4.79. The van der Waals surface area contributed by atoms with Gasteiger partial charge >= 0.3 is 0 Å². The minimum atomic E-state index is -2.65. The fourth-order valence-electron chi connectivity index (χ4n) is 0.921. The Morgan fingerprint density at radius 3 is 2.64 bits per heavy atom. The Labute approximate surface area is 92.4 Å². The SMILES string of the molecule is O=C(Cl)c1ccc(C(F)F)nc1CBr. The van der Waals surface area contributed by atoms with Crippen LogP contribution in [-0.4, -0.2) is 10.2 Å². The standard InChI is InChI=1S/C8H5BrClF2NO/c9-3-6-4(7(10)14)1-2-5(13-6)8(11)12/h1-2,8H,3H2. The topological polar surface area (TPSA) is 30.0 Å². The Balaban J connectivity index is 3.18. The van der Waals surface area contributed by atoms with Crippen LogP contribution >= 0.6 is 27.5 Å². The average molecular weight is 284 g/mol. The molecule has 0 aromatic carbocycles. The summed E-state index contributed by atoms with van der Waals surface area (Å²) in [6.07, 6.45) is -2.65. The molecule has 0 saturated heterocycles. The van der Waals surface area contributed by atoms with Gasteiger partial charge in [-0.3, -0.25) is 9.78 Å². The molecule has 0 unspecified atom stereocenters. The Morgan fingerprint density at radius 1 is 1.57 bits per heavy atom. The van der Waals surface area contributed by atoms with Gasteiger partial charge in [0.2, 0.25) is 0 Å². The van der Waals surface area contributed by atoms with Gasteiger partial charge in [0, 0.05) is 5.33 Å². The van der Waals surface area contributed by atoms with Crippen molar-refractivity contribution < 1.29 is 13.6 Å². The molecule has 0 spiro atoms. The lowest BCUT2D eigenvalue weighted by atomic mass is 10.2. The molecular weight excluding hydrogens is 279 g/mol. The van der Waals surface area contributed by atoms with E-state index in [1.54, 1.807) is 0 Å². The molecule has 0 bridgehead atoms. The van der Waals surface area contributed by atoms with Crippen molar-refractivity contribution in [3.05, 3.63) is 29.1 Å². The van der Waals surface area contributed by atoms with Crippen LogP contribution < -0.4 is 0 Å². The molecular formula is C8H5BrClF2NO. The normalized spacial score (nSPS) is 10.6. The molecule has 0 N–H and O–H groups in total. The zero-order valence-electron chi connectivity index (χ0n) is 6.81. The maximum Gasteiger partial charge on any atom is 0.280 e. The third-order valence-electron chi connectivity index (χ3n) is 1.56. The van der Waals surface area contributed by atoms with Gasteiger partial charge in [0.05, 0.1) is 11.3 Å². The van der Waals surface area contributed by atoms with E-state index in [0.717, 1.165) is 6.07 Å². The van der Waals surface area contributed by atoms with E-state index in [1.807, 2.05) is 0 Å². The maximum absolute atomic E-state index is 12.2. The maximum atomic E-state index is 12.2. The summed E-state index contributed by atoms with van der Waals surface area (Å²) in [5, 5.41) is -0.491. The van der Waals surface area contributed by atoms with Gasteiger partial charge in [0.25, 0.3) is 11.7 Å². The van der Waals surface area contributed by atoms with Gasteiger partial charge in [0.1, 0.15) is 5.69 Å². The summed E-state index contributed by atoms with van der Waals surface area (Å²) < 4.78 is 24.4. The van der Waals surface area contributed by atoms with Crippen LogP contribution in [0.1, 0.15) is 28.2 Å². The molecule has 0 aliphatic heterocycles. The number of hydrogen-bond donors (Lipinski definition) is 0. The summed E-state index contributed by atoms with van der Waals surface area (Å²) in [5.74, 6) is 0. The van der Waals surface area contributed by atoms with E-state index in [9.17, 15) is 13.6 Å². The van der Waals surface area contributed by atoms with Crippen LogP contribution in [0.25, 0.3) is 0 Å². The number of pyridine rings is 1. The average Bonchev–Trinajstić information content (AvgIpc) is 2.16. The van der Waals surface area contributed by atoms with Gasteiger partial charge in [-0.05, 0) is 23.7 Å². The highest BCUT2D eigenvalue weighted by Crippen LogP contribution is 2.20. The monoisotopic (exact) mass is 283 g/mol. The molecule has 0 aliphatic carbocycles. The van der Waals surface area contributed by atoms with Gasteiger partial charge in [-0.15, -0.1) is 0 Å².